The minimum Gasteiger partial charge on any atom is -0.310 e. The summed E-state index contributed by atoms with van der Waals surface area (Å²) in [6, 6.07) is 71.0. The molecule has 8 rings (SSSR count). The smallest absolute Gasteiger partial charge is 0.0916 e. The largest absolute Gasteiger partial charge is 0.310 e. The second-order valence-electron chi connectivity index (χ2n) is 12.3. The SMILES string of the molecule is C(=C(c1ccccc1)N(c1ccccc1)c1ccccc1)c1nc2ccccc2nc1C=C(c1ccccc1)N(c1ccccc1)c1ccccc1. The first kappa shape index (κ1) is 32.2. The van der Waals surface area contributed by atoms with Crippen molar-refractivity contribution >= 4 is 57.3 Å². The number of fused-ring (bicyclic) bond motifs is 1. The standard InChI is InChI=1S/C48H36N4/c1-7-21-37(22-8-1)47(51(39-25-11-3-12-26-39)40-27-13-4-14-28-40)35-45-46(50-44-34-20-19-33-43(44)49-45)36-48(38-23-9-2-10-24-38)52(41-29-15-5-16-30-41)42-31-17-6-18-32-42/h1-36H. The summed E-state index contributed by atoms with van der Waals surface area (Å²) in [4.78, 5) is 15.2. The van der Waals surface area contributed by atoms with Crippen LogP contribution in [0.5, 0.6) is 0 Å². The normalized spacial score (nSPS) is 11.7. The predicted molar refractivity (Wildman–Crippen MR) is 218 cm³/mol. The number of anilines is 4. The number of rotatable bonds is 10. The molecular weight excluding hydrogens is 633 g/mol. The summed E-state index contributed by atoms with van der Waals surface area (Å²) in [5, 5.41) is 0. The first-order valence-corrected chi connectivity index (χ1v) is 17.4. The molecule has 4 heteroatoms. The number of para-hydroxylation sites is 6. The highest BCUT2D eigenvalue weighted by atomic mass is 15.2. The fraction of sp³-hybridized carbons (Fsp3) is 0. The summed E-state index contributed by atoms with van der Waals surface area (Å²) in [6.07, 6.45) is 4.36. The van der Waals surface area contributed by atoms with Crippen molar-refractivity contribution in [2.45, 2.75) is 0 Å². The predicted octanol–water partition coefficient (Wildman–Crippen LogP) is 12.3. The van der Waals surface area contributed by atoms with Gasteiger partial charge in [0.25, 0.3) is 0 Å². The van der Waals surface area contributed by atoms with E-state index in [4.69, 9.17) is 9.97 Å². The topological polar surface area (TPSA) is 32.3 Å². The van der Waals surface area contributed by atoms with Crippen molar-refractivity contribution in [1.82, 2.24) is 9.97 Å². The Bertz CT molecular complexity index is 2180. The van der Waals surface area contributed by atoms with E-state index in [0.717, 1.165) is 67.7 Å². The lowest BCUT2D eigenvalue weighted by molar-refractivity contribution is 1.22. The van der Waals surface area contributed by atoms with E-state index in [1.807, 2.05) is 60.7 Å². The van der Waals surface area contributed by atoms with Crippen molar-refractivity contribution in [1.29, 1.82) is 0 Å². The highest BCUT2D eigenvalue weighted by Gasteiger charge is 2.21. The Morgan fingerprint density at radius 1 is 0.308 bits per heavy atom. The van der Waals surface area contributed by atoms with Crippen LogP contribution in [-0.4, -0.2) is 9.97 Å². The summed E-state index contributed by atoms with van der Waals surface area (Å²) in [6.45, 7) is 0. The van der Waals surface area contributed by atoms with Crippen molar-refractivity contribution in [3.05, 3.63) is 229 Å². The molecule has 0 saturated carbocycles. The zero-order valence-corrected chi connectivity index (χ0v) is 28.6. The van der Waals surface area contributed by atoms with Gasteiger partial charge >= 0.3 is 0 Å². The van der Waals surface area contributed by atoms with Crippen LogP contribution in [0.1, 0.15) is 22.5 Å². The lowest BCUT2D eigenvalue weighted by Gasteiger charge is -2.29. The molecule has 0 aliphatic heterocycles. The number of aromatic nitrogens is 2. The van der Waals surface area contributed by atoms with E-state index in [9.17, 15) is 0 Å². The Hall–Kier alpha value is -7.04. The molecular formula is C48H36N4. The van der Waals surface area contributed by atoms with Crippen LogP contribution in [0, 0.1) is 0 Å². The Morgan fingerprint density at radius 2 is 0.558 bits per heavy atom. The highest BCUT2D eigenvalue weighted by molar-refractivity contribution is 6.00. The quantitative estimate of drug-likeness (QED) is 0.145. The third kappa shape index (κ3) is 7.00. The van der Waals surface area contributed by atoms with E-state index < -0.39 is 0 Å². The molecule has 0 unspecified atom stereocenters. The molecule has 0 N–H and O–H groups in total. The van der Waals surface area contributed by atoms with Crippen molar-refractivity contribution in [2.24, 2.45) is 0 Å². The van der Waals surface area contributed by atoms with Gasteiger partial charge in [-0.25, -0.2) is 9.97 Å². The van der Waals surface area contributed by atoms with Gasteiger partial charge in [0.1, 0.15) is 0 Å². The van der Waals surface area contributed by atoms with Crippen molar-refractivity contribution in [3.8, 4) is 0 Å². The molecule has 0 radical (unpaired) electrons. The maximum atomic E-state index is 5.33. The molecule has 0 aliphatic carbocycles. The van der Waals surface area contributed by atoms with Crippen LogP contribution in [0.3, 0.4) is 0 Å². The van der Waals surface area contributed by atoms with Crippen LogP contribution in [0.2, 0.25) is 0 Å². The number of nitrogens with zero attached hydrogens (tertiary/aromatic N) is 4. The molecule has 1 heterocycles. The van der Waals surface area contributed by atoms with E-state index in [0.29, 0.717) is 0 Å². The molecule has 52 heavy (non-hydrogen) atoms. The maximum absolute atomic E-state index is 5.33. The molecule has 0 bridgehead atoms. The fourth-order valence-corrected chi connectivity index (χ4v) is 6.43. The molecule has 4 nitrogen and oxygen atoms in total. The summed E-state index contributed by atoms with van der Waals surface area (Å²) in [5.74, 6) is 0. The van der Waals surface area contributed by atoms with Crippen LogP contribution >= 0.6 is 0 Å². The average molecular weight is 669 g/mol. The van der Waals surface area contributed by atoms with Gasteiger partial charge in [-0.1, -0.05) is 146 Å². The molecule has 248 valence electrons. The molecule has 0 saturated heterocycles. The van der Waals surface area contributed by atoms with E-state index in [2.05, 4.69) is 168 Å². The van der Waals surface area contributed by atoms with Gasteiger partial charge < -0.3 is 9.80 Å². The molecule has 7 aromatic carbocycles. The third-order valence-corrected chi connectivity index (χ3v) is 8.85. The summed E-state index contributed by atoms with van der Waals surface area (Å²) in [7, 11) is 0. The summed E-state index contributed by atoms with van der Waals surface area (Å²) < 4.78 is 0. The van der Waals surface area contributed by atoms with Gasteiger partial charge in [-0.15, -0.1) is 0 Å². The number of hydrogen-bond acceptors (Lipinski definition) is 4. The van der Waals surface area contributed by atoms with E-state index in [1.54, 1.807) is 0 Å². The van der Waals surface area contributed by atoms with Crippen LogP contribution in [0.25, 0.3) is 34.6 Å². The zero-order chi connectivity index (χ0) is 35.0. The van der Waals surface area contributed by atoms with E-state index in [1.165, 1.54) is 0 Å². The zero-order valence-electron chi connectivity index (χ0n) is 28.6. The Kier molecular flexibility index (Phi) is 9.43. The van der Waals surface area contributed by atoms with Gasteiger partial charge in [0.2, 0.25) is 0 Å². The van der Waals surface area contributed by atoms with Crippen molar-refractivity contribution < 1.29 is 0 Å². The molecule has 0 atom stereocenters. The molecule has 0 amide bonds. The molecule has 8 aromatic rings. The summed E-state index contributed by atoms with van der Waals surface area (Å²) in [5.41, 5.74) is 11.4. The van der Waals surface area contributed by atoms with E-state index in [-0.39, 0.29) is 0 Å². The van der Waals surface area contributed by atoms with Gasteiger partial charge in [0.05, 0.1) is 33.8 Å². The molecule has 0 aliphatic rings. The van der Waals surface area contributed by atoms with Gasteiger partial charge in [0.15, 0.2) is 0 Å². The van der Waals surface area contributed by atoms with Gasteiger partial charge in [-0.3, -0.25) is 0 Å². The molecule has 1 aromatic heterocycles. The third-order valence-electron chi connectivity index (χ3n) is 8.85. The number of benzene rings is 7. The number of hydrogen-bond donors (Lipinski definition) is 0. The Labute approximate surface area is 304 Å². The van der Waals surface area contributed by atoms with Crippen molar-refractivity contribution in [3.63, 3.8) is 0 Å². The Balaban J connectivity index is 1.42. The first-order valence-electron chi connectivity index (χ1n) is 17.4. The highest BCUT2D eigenvalue weighted by Crippen LogP contribution is 2.38. The summed E-state index contributed by atoms with van der Waals surface area (Å²) >= 11 is 0. The minimum atomic E-state index is 0.754. The van der Waals surface area contributed by atoms with Gasteiger partial charge in [-0.2, -0.15) is 0 Å². The second-order valence-corrected chi connectivity index (χ2v) is 12.3. The van der Waals surface area contributed by atoms with E-state index >= 15 is 0 Å². The van der Waals surface area contributed by atoms with Crippen molar-refractivity contribution in [2.75, 3.05) is 9.80 Å². The van der Waals surface area contributed by atoms with Gasteiger partial charge in [-0.05, 0) is 83.9 Å². The average Bonchev–Trinajstić information content (AvgIpc) is 3.22. The van der Waals surface area contributed by atoms with Crippen LogP contribution in [0.4, 0.5) is 22.7 Å². The van der Waals surface area contributed by atoms with Gasteiger partial charge in [0, 0.05) is 22.7 Å². The lowest BCUT2D eigenvalue weighted by Crippen LogP contribution is -2.16. The Morgan fingerprint density at radius 3 is 0.846 bits per heavy atom. The monoisotopic (exact) mass is 668 g/mol. The van der Waals surface area contributed by atoms with Crippen LogP contribution < -0.4 is 9.80 Å². The maximum Gasteiger partial charge on any atom is 0.0916 e. The minimum absolute atomic E-state index is 0.754. The lowest BCUT2D eigenvalue weighted by atomic mass is 10.0. The van der Waals surface area contributed by atoms with Crippen LogP contribution in [-0.2, 0) is 0 Å². The first-order chi connectivity index (χ1) is 25.8. The van der Waals surface area contributed by atoms with Crippen LogP contribution in [0.15, 0.2) is 206 Å². The second kappa shape index (κ2) is 15.2. The molecule has 0 fully saturated rings. The fourth-order valence-electron chi connectivity index (χ4n) is 6.43. The molecule has 0 spiro atoms.